The van der Waals surface area contributed by atoms with Crippen molar-refractivity contribution in [2.24, 2.45) is 0 Å². The fraction of sp³-hybridized carbons (Fsp3) is 0.471. The molecule has 0 spiro atoms. The number of halogens is 1. The summed E-state index contributed by atoms with van der Waals surface area (Å²) in [4.78, 5) is 12.3. The maximum absolute atomic E-state index is 12.9. The first-order valence-electron chi connectivity index (χ1n) is 8.11. The number of benzene rings is 1. The molecule has 122 valence electrons. The maximum atomic E-state index is 12.9. The van der Waals surface area contributed by atoms with Crippen LogP contribution in [0.1, 0.15) is 67.2 Å². The molecule has 1 aliphatic rings. The van der Waals surface area contributed by atoms with Gasteiger partial charge in [-0.25, -0.2) is 9.07 Å². The zero-order valence-electron chi connectivity index (χ0n) is 13.2. The largest absolute Gasteiger partial charge is 0.344 e. The summed E-state index contributed by atoms with van der Waals surface area (Å²) in [7, 11) is 0. The highest BCUT2D eigenvalue weighted by molar-refractivity contribution is 5.92. The van der Waals surface area contributed by atoms with E-state index in [9.17, 15) is 9.18 Å². The van der Waals surface area contributed by atoms with E-state index in [1.54, 1.807) is 18.3 Å². The molecule has 1 heterocycles. The minimum absolute atomic E-state index is 0.220. The smallest absolute Gasteiger partial charge is 0.273 e. The zero-order chi connectivity index (χ0) is 16.2. The predicted octanol–water partition coefficient (Wildman–Crippen LogP) is 3.41. The van der Waals surface area contributed by atoms with Crippen LogP contribution in [0.2, 0.25) is 0 Å². The standard InChI is InChI=1S/C17H21FN4O/c1-12(13-7-9-14(18)10-8-13)19-17(23)16-11-22(21-20-16)15-5-3-2-4-6-15/h7-12,15H,2-6H2,1H3,(H,19,23). The van der Waals surface area contributed by atoms with Crippen molar-refractivity contribution in [3.8, 4) is 0 Å². The number of aromatic nitrogens is 3. The van der Waals surface area contributed by atoms with Gasteiger partial charge in [0, 0.05) is 0 Å². The Bertz CT molecular complexity index is 661. The molecule has 6 heteroatoms. The second-order valence-electron chi connectivity index (χ2n) is 6.12. The highest BCUT2D eigenvalue weighted by Gasteiger charge is 2.20. The third-order valence-electron chi connectivity index (χ3n) is 4.41. The van der Waals surface area contributed by atoms with Crippen molar-refractivity contribution < 1.29 is 9.18 Å². The van der Waals surface area contributed by atoms with Crippen molar-refractivity contribution in [3.63, 3.8) is 0 Å². The van der Waals surface area contributed by atoms with Crippen LogP contribution in [0.3, 0.4) is 0 Å². The lowest BCUT2D eigenvalue weighted by molar-refractivity contribution is 0.0934. The first-order valence-corrected chi connectivity index (χ1v) is 8.11. The van der Waals surface area contributed by atoms with E-state index in [1.165, 1.54) is 31.4 Å². The van der Waals surface area contributed by atoms with Gasteiger partial charge in [0.2, 0.25) is 0 Å². The lowest BCUT2D eigenvalue weighted by atomic mass is 9.96. The lowest BCUT2D eigenvalue weighted by Crippen LogP contribution is -2.27. The van der Waals surface area contributed by atoms with Gasteiger partial charge in [-0.1, -0.05) is 36.6 Å². The molecule has 1 aromatic carbocycles. The second-order valence-corrected chi connectivity index (χ2v) is 6.12. The average molecular weight is 316 g/mol. The zero-order valence-corrected chi connectivity index (χ0v) is 13.2. The van der Waals surface area contributed by atoms with Gasteiger partial charge in [-0.05, 0) is 37.5 Å². The number of rotatable bonds is 4. The summed E-state index contributed by atoms with van der Waals surface area (Å²) in [6.45, 7) is 1.86. The summed E-state index contributed by atoms with van der Waals surface area (Å²) in [5.74, 6) is -0.549. The van der Waals surface area contributed by atoms with E-state index in [0.29, 0.717) is 11.7 Å². The molecule has 1 aliphatic carbocycles. The second kappa shape index (κ2) is 6.89. The Morgan fingerprint density at radius 1 is 1.26 bits per heavy atom. The van der Waals surface area contributed by atoms with Crippen LogP contribution in [-0.2, 0) is 0 Å². The SMILES string of the molecule is CC(NC(=O)c1cn(C2CCCCC2)nn1)c1ccc(F)cc1. The summed E-state index contributed by atoms with van der Waals surface area (Å²) in [5.41, 5.74) is 1.17. The average Bonchev–Trinajstić information content (AvgIpc) is 3.06. The minimum Gasteiger partial charge on any atom is -0.344 e. The van der Waals surface area contributed by atoms with Crippen LogP contribution in [0.5, 0.6) is 0 Å². The van der Waals surface area contributed by atoms with Gasteiger partial charge in [-0.15, -0.1) is 5.10 Å². The molecule has 0 saturated heterocycles. The molecule has 5 nitrogen and oxygen atoms in total. The molecular formula is C17H21FN4O. The number of carbonyl (C=O) groups is 1. The lowest BCUT2D eigenvalue weighted by Gasteiger charge is -2.20. The van der Waals surface area contributed by atoms with Gasteiger partial charge in [-0.2, -0.15) is 0 Å². The molecule has 1 saturated carbocycles. The molecule has 1 N–H and O–H groups in total. The van der Waals surface area contributed by atoms with E-state index >= 15 is 0 Å². The first kappa shape index (κ1) is 15.6. The Hall–Kier alpha value is -2.24. The molecule has 0 bridgehead atoms. The normalized spacial score (nSPS) is 17.0. The molecule has 1 amide bonds. The van der Waals surface area contributed by atoms with Crippen LogP contribution in [0.4, 0.5) is 4.39 Å². The molecule has 3 rings (SSSR count). The van der Waals surface area contributed by atoms with Gasteiger partial charge in [0.15, 0.2) is 5.69 Å². The van der Waals surface area contributed by atoms with Gasteiger partial charge in [0.05, 0.1) is 18.3 Å². The quantitative estimate of drug-likeness (QED) is 0.940. The Morgan fingerprint density at radius 3 is 2.65 bits per heavy atom. The van der Waals surface area contributed by atoms with E-state index < -0.39 is 0 Å². The number of nitrogens with one attached hydrogen (secondary N) is 1. The van der Waals surface area contributed by atoms with Crippen molar-refractivity contribution in [2.45, 2.75) is 51.1 Å². The molecule has 1 atom stereocenters. The number of hydrogen-bond donors (Lipinski definition) is 1. The van der Waals surface area contributed by atoms with E-state index in [1.807, 2.05) is 11.6 Å². The van der Waals surface area contributed by atoms with E-state index in [2.05, 4.69) is 15.6 Å². The third-order valence-corrected chi connectivity index (χ3v) is 4.41. The van der Waals surface area contributed by atoms with Crippen molar-refractivity contribution in [3.05, 3.63) is 47.5 Å². The summed E-state index contributed by atoms with van der Waals surface area (Å²) in [6, 6.07) is 6.24. The summed E-state index contributed by atoms with van der Waals surface area (Å²) in [5, 5.41) is 11.0. The third kappa shape index (κ3) is 3.75. The maximum Gasteiger partial charge on any atom is 0.273 e. The Labute approximate surface area is 134 Å². The number of amides is 1. The van der Waals surface area contributed by atoms with Crippen molar-refractivity contribution in [1.29, 1.82) is 0 Å². The molecule has 1 unspecified atom stereocenters. The van der Waals surface area contributed by atoms with Crippen LogP contribution in [-0.4, -0.2) is 20.9 Å². The van der Waals surface area contributed by atoms with Crippen LogP contribution in [0.15, 0.2) is 30.5 Å². The molecular weight excluding hydrogens is 295 g/mol. The Balaban J connectivity index is 1.63. The highest BCUT2D eigenvalue weighted by atomic mass is 19.1. The number of nitrogens with zero attached hydrogens (tertiary/aromatic N) is 3. The fourth-order valence-electron chi connectivity index (χ4n) is 3.01. The van der Waals surface area contributed by atoms with Gasteiger partial charge >= 0.3 is 0 Å². The van der Waals surface area contributed by atoms with Crippen LogP contribution in [0.25, 0.3) is 0 Å². The van der Waals surface area contributed by atoms with E-state index in [4.69, 9.17) is 0 Å². The number of carbonyl (C=O) groups excluding carboxylic acids is 1. The molecule has 2 aromatic rings. The molecule has 1 fully saturated rings. The van der Waals surface area contributed by atoms with Crippen LogP contribution < -0.4 is 5.32 Å². The predicted molar refractivity (Wildman–Crippen MR) is 84.4 cm³/mol. The number of hydrogen-bond acceptors (Lipinski definition) is 3. The van der Waals surface area contributed by atoms with Crippen molar-refractivity contribution in [1.82, 2.24) is 20.3 Å². The topological polar surface area (TPSA) is 59.8 Å². The summed E-state index contributed by atoms with van der Waals surface area (Å²) in [6.07, 6.45) is 7.59. The van der Waals surface area contributed by atoms with Gasteiger partial charge in [-0.3, -0.25) is 4.79 Å². The summed E-state index contributed by atoms with van der Waals surface area (Å²) >= 11 is 0. The highest BCUT2D eigenvalue weighted by Crippen LogP contribution is 2.27. The van der Waals surface area contributed by atoms with Crippen LogP contribution >= 0.6 is 0 Å². The van der Waals surface area contributed by atoms with E-state index in [-0.39, 0.29) is 17.8 Å². The minimum atomic E-state index is -0.289. The van der Waals surface area contributed by atoms with Crippen molar-refractivity contribution in [2.75, 3.05) is 0 Å². The summed E-state index contributed by atoms with van der Waals surface area (Å²) < 4.78 is 14.8. The Morgan fingerprint density at radius 2 is 1.96 bits per heavy atom. The van der Waals surface area contributed by atoms with Gasteiger partial charge in [0.1, 0.15) is 5.82 Å². The fourth-order valence-corrected chi connectivity index (χ4v) is 3.01. The molecule has 0 radical (unpaired) electrons. The van der Waals surface area contributed by atoms with Gasteiger partial charge in [0.25, 0.3) is 5.91 Å². The first-order chi connectivity index (χ1) is 11.1. The molecule has 23 heavy (non-hydrogen) atoms. The van der Waals surface area contributed by atoms with Crippen LogP contribution in [0, 0.1) is 5.82 Å². The molecule has 1 aromatic heterocycles. The van der Waals surface area contributed by atoms with Gasteiger partial charge < -0.3 is 5.32 Å². The van der Waals surface area contributed by atoms with Crippen molar-refractivity contribution >= 4 is 5.91 Å². The Kier molecular flexibility index (Phi) is 4.69. The monoisotopic (exact) mass is 316 g/mol. The molecule has 0 aliphatic heterocycles. The van der Waals surface area contributed by atoms with E-state index in [0.717, 1.165) is 18.4 Å².